The van der Waals surface area contributed by atoms with Crippen LogP contribution in [0, 0.1) is 11.3 Å². The molecule has 1 aliphatic heterocycles. The van der Waals surface area contributed by atoms with E-state index in [2.05, 4.69) is 20.2 Å². The molecule has 2 aromatic rings. The molecule has 2 aromatic heterocycles. The highest BCUT2D eigenvalue weighted by Gasteiger charge is 2.44. The molecule has 0 radical (unpaired) electrons. The van der Waals surface area contributed by atoms with Crippen molar-refractivity contribution in [1.82, 2.24) is 14.9 Å². The number of nitrogens with one attached hydrogen (secondary N) is 1. The first-order valence-electron chi connectivity index (χ1n) is 11.6. The second kappa shape index (κ2) is 7.35. The summed E-state index contributed by atoms with van der Waals surface area (Å²) in [6.45, 7) is 4.02. The third-order valence-electron chi connectivity index (χ3n) is 8.12. The molecule has 0 bridgehead atoms. The monoisotopic (exact) mass is 430 g/mol. The van der Waals surface area contributed by atoms with Gasteiger partial charge in [0.1, 0.15) is 10.6 Å². The van der Waals surface area contributed by atoms with Crippen molar-refractivity contribution < 1.29 is 0 Å². The van der Waals surface area contributed by atoms with Crippen molar-refractivity contribution in [3.05, 3.63) is 15.7 Å². The molecule has 1 N–H and O–H groups in total. The van der Waals surface area contributed by atoms with Gasteiger partial charge in [0.2, 0.25) is 5.28 Å². The number of fused-ring (bicyclic) bond motifs is 3. The maximum absolute atomic E-state index is 6.26. The van der Waals surface area contributed by atoms with E-state index >= 15 is 0 Å². The molecule has 3 fully saturated rings. The summed E-state index contributed by atoms with van der Waals surface area (Å²) in [5.41, 5.74) is 2.28. The highest BCUT2D eigenvalue weighted by molar-refractivity contribution is 7.19. The lowest BCUT2D eigenvalue weighted by Crippen LogP contribution is -2.39. The SMILES string of the molecule is Clc1nc(NC2CCC(CN3CCC4(CC3)CC4)CC2)c2c3c(sc2n1)CCC3. The average Bonchev–Trinajstić information content (AvgIpc) is 3.14. The van der Waals surface area contributed by atoms with Crippen LogP contribution in [-0.4, -0.2) is 40.5 Å². The molecule has 4 nitrogen and oxygen atoms in total. The Morgan fingerprint density at radius 3 is 2.59 bits per heavy atom. The number of nitrogens with zero attached hydrogens (tertiary/aromatic N) is 3. The highest BCUT2D eigenvalue weighted by Crippen LogP contribution is 2.53. The van der Waals surface area contributed by atoms with E-state index in [1.165, 1.54) is 106 Å². The Morgan fingerprint density at radius 2 is 1.83 bits per heavy atom. The number of halogens is 1. The minimum Gasteiger partial charge on any atom is -0.367 e. The summed E-state index contributed by atoms with van der Waals surface area (Å²) in [7, 11) is 0. The van der Waals surface area contributed by atoms with Crippen molar-refractivity contribution in [1.29, 1.82) is 0 Å². The Labute approximate surface area is 182 Å². The number of anilines is 1. The predicted molar refractivity (Wildman–Crippen MR) is 121 cm³/mol. The van der Waals surface area contributed by atoms with Crippen LogP contribution in [0.3, 0.4) is 0 Å². The topological polar surface area (TPSA) is 41.1 Å². The summed E-state index contributed by atoms with van der Waals surface area (Å²) in [6, 6.07) is 0.522. The van der Waals surface area contributed by atoms with Gasteiger partial charge in [-0.05, 0) is 112 Å². The lowest BCUT2D eigenvalue weighted by atomic mass is 9.84. The van der Waals surface area contributed by atoms with Crippen LogP contribution < -0.4 is 5.32 Å². The first kappa shape index (κ1) is 18.8. The van der Waals surface area contributed by atoms with Gasteiger partial charge in [0.25, 0.3) is 0 Å². The van der Waals surface area contributed by atoms with E-state index in [4.69, 9.17) is 11.6 Å². The van der Waals surface area contributed by atoms with Crippen molar-refractivity contribution >= 4 is 39.0 Å². The van der Waals surface area contributed by atoms with Gasteiger partial charge < -0.3 is 10.2 Å². The lowest BCUT2D eigenvalue weighted by Gasteiger charge is -2.37. The molecule has 156 valence electrons. The van der Waals surface area contributed by atoms with Crippen LogP contribution in [0.2, 0.25) is 5.28 Å². The van der Waals surface area contributed by atoms with E-state index in [-0.39, 0.29) is 0 Å². The zero-order valence-corrected chi connectivity index (χ0v) is 18.8. The maximum atomic E-state index is 6.26. The second-order valence-corrected chi connectivity index (χ2v) is 11.5. The van der Waals surface area contributed by atoms with Crippen molar-refractivity contribution in [2.45, 2.75) is 76.7 Å². The molecule has 0 amide bonds. The molecule has 2 saturated carbocycles. The van der Waals surface area contributed by atoms with E-state index in [0.29, 0.717) is 11.3 Å². The molecule has 1 saturated heterocycles. The number of likely N-dealkylation sites (tertiary alicyclic amines) is 1. The second-order valence-electron chi connectivity index (χ2n) is 10.0. The van der Waals surface area contributed by atoms with Crippen LogP contribution in [0.4, 0.5) is 5.82 Å². The maximum Gasteiger partial charge on any atom is 0.225 e. The minimum atomic E-state index is 0.382. The highest BCUT2D eigenvalue weighted by atomic mass is 35.5. The summed E-state index contributed by atoms with van der Waals surface area (Å²) in [5, 5.41) is 5.42. The molecule has 1 spiro atoms. The van der Waals surface area contributed by atoms with Gasteiger partial charge in [-0.2, -0.15) is 0 Å². The van der Waals surface area contributed by atoms with Gasteiger partial charge in [0, 0.05) is 17.5 Å². The number of piperidine rings is 1. The fourth-order valence-electron chi connectivity index (χ4n) is 6.01. The molecule has 0 unspecified atom stereocenters. The molecule has 29 heavy (non-hydrogen) atoms. The third kappa shape index (κ3) is 3.68. The van der Waals surface area contributed by atoms with Crippen LogP contribution >= 0.6 is 22.9 Å². The Hall–Kier alpha value is -0.910. The van der Waals surface area contributed by atoms with Crippen LogP contribution in [0.15, 0.2) is 0 Å². The van der Waals surface area contributed by atoms with Crippen LogP contribution in [-0.2, 0) is 12.8 Å². The molecule has 0 atom stereocenters. The van der Waals surface area contributed by atoms with E-state index in [1.807, 2.05) is 11.3 Å². The van der Waals surface area contributed by atoms with E-state index in [1.54, 1.807) is 0 Å². The van der Waals surface area contributed by atoms with Crippen LogP contribution in [0.25, 0.3) is 10.2 Å². The quantitative estimate of drug-likeness (QED) is 0.633. The Balaban J connectivity index is 1.08. The molecular formula is C23H31ClN4S. The first-order chi connectivity index (χ1) is 14.2. The average molecular weight is 431 g/mol. The van der Waals surface area contributed by atoms with Gasteiger partial charge in [-0.15, -0.1) is 11.3 Å². The van der Waals surface area contributed by atoms with Gasteiger partial charge in [0.15, 0.2) is 0 Å². The Kier molecular flexibility index (Phi) is 4.77. The number of rotatable bonds is 4. The summed E-state index contributed by atoms with van der Waals surface area (Å²) in [4.78, 5) is 14.5. The summed E-state index contributed by atoms with van der Waals surface area (Å²) >= 11 is 8.08. The smallest absolute Gasteiger partial charge is 0.225 e. The number of aromatic nitrogens is 2. The predicted octanol–water partition coefficient (Wildman–Crippen LogP) is 5.68. The minimum absolute atomic E-state index is 0.382. The normalized spacial score (nSPS) is 28.7. The fourth-order valence-corrected chi connectivity index (χ4v) is 7.49. The summed E-state index contributed by atoms with van der Waals surface area (Å²) in [5.74, 6) is 1.87. The zero-order valence-electron chi connectivity index (χ0n) is 17.2. The van der Waals surface area contributed by atoms with Crippen molar-refractivity contribution in [2.75, 3.05) is 25.0 Å². The largest absolute Gasteiger partial charge is 0.367 e. The number of hydrogen-bond donors (Lipinski definition) is 1. The van der Waals surface area contributed by atoms with Gasteiger partial charge in [0.05, 0.1) is 5.39 Å². The van der Waals surface area contributed by atoms with E-state index in [0.717, 1.165) is 22.0 Å². The zero-order chi connectivity index (χ0) is 19.4. The molecule has 3 aliphatic carbocycles. The molecule has 6 heteroatoms. The molecule has 3 heterocycles. The standard InChI is InChI=1S/C23H31ClN4S/c24-22-26-20(19-17-2-1-3-18(17)29-21(19)27-22)25-16-6-4-15(5-7-16)14-28-12-10-23(8-9-23)11-13-28/h15-16H,1-14H2,(H,25,26,27). The van der Waals surface area contributed by atoms with Crippen molar-refractivity contribution in [3.63, 3.8) is 0 Å². The van der Waals surface area contributed by atoms with Crippen LogP contribution in [0.1, 0.15) is 68.2 Å². The third-order valence-corrected chi connectivity index (χ3v) is 9.47. The molecule has 6 rings (SSSR count). The van der Waals surface area contributed by atoms with Crippen molar-refractivity contribution in [3.8, 4) is 0 Å². The summed E-state index contributed by atoms with van der Waals surface area (Å²) in [6.07, 6.45) is 14.7. The Bertz CT molecular complexity index is 903. The van der Waals surface area contributed by atoms with Gasteiger partial charge in [-0.3, -0.25) is 0 Å². The molecular weight excluding hydrogens is 400 g/mol. The van der Waals surface area contributed by atoms with Crippen LogP contribution in [0.5, 0.6) is 0 Å². The number of thiophene rings is 1. The Morgan fingerprint density at radius 1 is 1.03 bits per heavy atom. The number of aryl methyl sites for hydroxylation is 2. The van der Waals surface area contributed by atoms with E-state index < -0.39 is 0 Å². The van der Waals surface area contributed by atoms with Gasteiger partial charge in [-0.25, -0.2) is 9.97 Å². The first-order valence-corrected chi connectivity index (χ1v) is 12.8. The lowest BCUT2D eigenvalue weighted by molar-refractivity contribution is 0.136. The number of hydrogen-bond acceptors (Lipinski definition) is 5. The van der Waals surface area contributed by atoms with E-state index in [9.17, 15) is 0 Å². The fraction of sp³-hybridized carbons (Fsp3) is 0.739. The summed E-state index contributed by atoms with van der Waals surface area (Å²) < 4.78 is 0. The molecule has 0 aromatic carbocycles. The molecule has 4 aliphatic rings. The van der Waals surface area contributed by atoms with Crippen molar-refractivity contribution in [2.24, 2.45) is 11.3 Å². The van der Waals surface area contributed by atoms with Gasteiger partial charge in [-0.1, -0.05) is 0 Å². The van der Waals surface area contributed by atoms with Gasteiger partial charge >= 0.3 is 0 Å².